The Morgan fingerprint density at radius 1 is 1.38 bits per heavy atom. The lowest BCUT2D eigenvalue weighted by atomic mass is 10.0. The molecule has 0 radical (unpaired) electrons. The molecule has 1 aromatic rings. The Kier molecular flexibility index (Phi) is 3.28. The Labute approximate surface area is 97.1 Å². The van der Waals surface area contributed by atoms with Crippen molar-refractivity contribution in [3.05, 3.63) is 34.9 Å². The smallest absolute Gasteiger partial charge is 0.220 e. The number of carbonyl (C=O) groups is 1. The lowest BCUT2D eigenvalue weighted by Gasteiger charge is -2.15. The Morgan fingerprint density at radius 3 is 2.88 bits per heavy atom. The quantitative estimate of drug-likeness (QED) is 0.828. The summed E-state index contributed by atoms with van der Waals surface area (Å²) >= 11 is 0. The molecule has 0 saturated carbocycles. The van der Waals surface area contributed by atoms with Crippen LogP contribution in [0.3, 0.4) is 0 Å². The van der Waals surface area contributed by atoms with Gasteiger partial charge in [0.15, 0.2) is 0 Å². The highest BCUT2D eigenvalue weighted by molar-refractivity contribution is 5.76. The van der Waals surface area contributed by atoms with E-state index in [1.54, 1.807) is 0 Å². The molecule has 0 aromatic heterocycles. The van der Waals surface area contributed by atoms with Crippen LogP contribution in [-0.2, 0) is 17.6 Å². The first-order chi connectivity index (χ1) is 7.70. The zero-order chi connectivity index (χ0) is 11.5. The Morgan fingerprint density at radius 2 is 2.12 bits per heavy atom. The fraction of sp³-hybridized carbons (Fsp3) is 0.500. The van der Waals surface area contributed by atoms with Crippen LogP contribution in [0.25, 0.3) is 0 Å². The van der Waals surface area contributed by atoms with Gasteiger partial charge < -0.3 is 5.32 Å². The second-order valence-electron chi connectivity index (χ2n) is 4.52. The first kappa shape index (κ1) is 11.2. The highest BCUT2D eigenvalue weighted by atomic mass is 16.1. The standard InChI is InChI=1S/C14H19NO/c1-3-14(16)15-10(2)12-8-7-11-5-4-6-13(11)9-12/h7-10H,3-6H2,1-2H3,(H,15,16). The Hall–Kier alpha value is -1.31. The summed E-state index contributed by atoms with van der Waals surface area (Å²) in [5.74, 6) is 0.119. The third kappa shape index (κ3) is 2.26. The minimum atomic E-state index is 0.119. The number of aryl methyl sites for hydroxylation is 2. The van der Waals surface area contributed by atoms with E-state index in [0.29, 0.717) is 6.42 Å². The summed E-state index contributed by atoms with van der Waals surface area (Å²) < 4.78 is 0. The molecular formula is C14H19NO. The normalized spacial score (nSPS) is 15.6. The molecule has 1 atom stereocenters. The van der Waals surface area contributed by atoms with Gasteiger partial charge in [-0.1, -0.05) is 25.1 Å². The van der Waals surface area contributed by atoms with E-state index in [4.69, 9.17) is 0 Å². The van der Waals surface area contributed by atoms with Crippen molar-refractivity contribution in [1.29, 1.82) is 0 Å². The minimum absolute atomic E-state index is 0.119. The van der Waals surface area contributed by atoms with Crippen LogP contribution in [-0.4, -0.2) is 5.91 Å². The van der Waals surface area contributed by atoms with Crippen molar-refractivity contribution >= 4 is 5.91 Å². The largest absolute Gasteiger partial charge is 0.350 e. The summed E-state index contributed by atoms with van der Waals surface area (Å²) in [5.41, 5.74) is 4.18. The second kappa shape index (κ2) is 4.69. The van der Waals surface area contributed by atoms with E-state index in [9.17, 15) is 4.79 Å². The van der Waals surface area contributed by atoms with Crippen LogP contribution < -0.4 is 5.32 Å². The zero-order valence-electron chi connectivity index (χ0n) is 10.0. The maximum atomic E-state index is 11.3. The maximum absolute atomic E-state index is 11.3. The van der Waals surface area contributed by atoms with E-state index < -0.39 is 0 Å². The van der Waals surface area contributed by atoms with Gasteiger partial charge in [-0.15, -0.1) is 0 Å². The number of nitrogens with one attached hydrogen (secondary N) is 1. The van der Waals surface area contributed by atoms with Crippen molar-refractivity contribution in [2.75, 3.05) is 0 Å². The number of hydrogen-bond acceptors (Lipinski definition) is 1. The van der Waals surface area contributed by atoms with E-state index in [1.807, 2.05) is 13.8 Å². The van der Waals surface area contributed by atoms with Crippen molar-refractivity contribution in [2.24, 2.45) is 0 Å². The van der Waals surface area contributed by atoms with E-state index >= 15 is 0 Å². The average Bonchev–Trinajstić information content (AvgIpc) is 2.75. The summed E-state index contributed by atoms with van der Waals surface area (Å²) in [7, 11) is 0. The third-order valence-electron chi connectivity index (χ3n) is 3.32. The van der Waals surface area contributed by atoms with Crippen LogP contribution in [0.15, 0.2) is 18.2 Å². The predicted molar refractivity (Wildman–Crippen MR) is 65.3 cm³/mol. The molecule has 1 unspecified atom stereocenters. The van der Waals surface area contributed by atoms with E-state index in [-0.39, 0.29) is 11.9 Å². The molecule has 16 heavy (non-hydrogen) atoms. The van der Waals surface area contributed by atoms with Crippen LogP contribution in [0.5, 0.6) is 0 Å². The second-order valence-corrected chi connectivity index (χ2v) is 4.52. The molecule has 1 N–H and O–H groups in total. The van der Waals surface area contributed by atoms with E-state index in [0.717, 1.165) is 0 Å². The van der Waals surface area contributed by atoms with Gasteiger partial charge in [0.05, 0.1) is 6.04 Å². The first-order valence-corrected chi connectivity index (χ1v) is 6.11. The monoisotopic (exact) mass is 217 g/mol. The Bertz CT molecular complexity index is 398. The molecule has 2 rings (SSSR count). The van der Waals surface area contributed by atoms with Gasteiger partial charge in [0, 0.05) is 6.42 Å². The van der Waals surface area contributed by atoms with Gasteiger partial charge in [-0.05, 0) is 42.9 Å². The molecular weight excluding hydrogens is 198 g/mol. The van der Waals surface area contributed by atoms with Crippen LogP contribution in [0.4, 0.5) is 0 Å². The van der Waals surface area contributed by atoms with Gasteiger partial charge in [0.1, 0.15) is 0 Å². The lowest BCUT2D eigenvalue weighted by Crippen LogP contribution is -2.25. The summed E-state index contributed by atoms with van der Waals surface area (Å²) in [6, 6.07) is 6.73. The highest BCUT2D eigenvalue weighted by Crippen LogP contribution is 2.25. The molecule has 1 amide bonds. The van der Waals surface area contributed by atoms with Crippen LogP contribution in [0.2, 0.25) is 0 Å². The highest BCUT2D eigenvalue weighted by Gasteiger charge is 2.14. The molecule has 0 saturated heterocycles. The molecule has 0 bridgehead atoms. The van der Waals surface area contributed by atoms with Crippen LogP contribution in [0, 0.1) is 0 Å². The molecule has 0 fully saturated rings. The molecule has 1 aromatic carbocycles. The van der Waals surface area contributed by atoms with Crippen molar-refractivity contribution in [1.82, 2.24) is 5.32 Å². The lowest BCUT2D eigenvalue weighted by molar-refractivity contribution is -0.121. The van der Waals surface area contributed by atoms with Gasteiger partial charge in [0.2, 0.25) is 5.91 Å². The van der Waals surface area contributed by atoms with Gasteiger partial charge in [0.25, 0.3) is 0 Å². The fourth-order valence-corrected chi connectivity index (χ4v) is 2.29. The number of rotatable bonds is 3. The zero-order valence-corrected chi connectivity index (χ0v) is 10.0. The molecule has 0 heterocycles. The van der Waals surface area contributed by atoms with Gasteiger partial charge in [-0.25, -0.2) is 0 Å². The maximum Gasteiger partial charge on any atom is 0.220 e. The summed E-state index contributed by atoms with van der Waals surface area (Å²) in [4.78, 5) is 11.3. The number of fused-ring (bicyclic) bond motifs is 1. The van der Waals surface area contributed by atoms with Gasteiger partial charge in [-0.2, -0.15) is 0 Å². The van der Waals surface area contributed by atoms with Crippen molar-refractivity contribution < 1.29 is 4.79 Å². The van der Waals surface area contributed by atoms with E-state index in [1.165, 1.54) is 36.0 Å². The van der Waals surface area contributed by atoms with E-state index in [2.05, 4.69) is 23.5 Å². The summed E-state index contributed by atoms with van der Waals surface area (Å²) in [6.07, 6.45) is 4.23. The van der Waals surface area contributed by atoms with Crippen molar-refractivity contribution in [2.45, 2.75) is 45.6 Å². The summed E-state index contributed by atoms with van der Waals surface area (Å²) in [6.45, 7) is 3.93. The fourth-order valence-electron chi connectivity index (χ4n) is 2.29. The Balaban J connectivity index is 2.12. The van der Waals surface area contributed by atoms with Gasteiger partial charge in [-0.3, -0.25) is 4.79 Å². The van der Waals surface area contributed by atoms with Crippen molar-refractivity contribution in [3.63, 3.8) is 0 Å². The van der Waals surface area contributed by atoms with Crippen LogP contribution >= 0.6 is 0 Å². The topological polar surface area (TPSA) is 29.1 Å². The number of carbonyl (C=O) groups excluding carboxylic acids is 1. The molecule has 86 valence electrons. The molecule has 1 aliphatic carbocycles. The number of amides is 1. The van der Waals surface area contributed by atoms with Gasteiger partial charge >= 0.3 is 0 Å². The molecule has 0 spiro atoms. The molecule has 2 nitrogen and oxygen atoms in total. The number of hydrogen-bond donors (Lipinski definition) is 1. The molecule has 1 aliphatic rings. The predicted octanol–water partition coefficient (Wildman–Crippen LogP) is 2.76. The summed E-state index contributed by atoms with van der Waals surface area (Å²) in [5, 5.41) is 3.00. The average molecular weight is 217 g/mol. The molecule has 2 heteroatoms. The SMILES string of the molecule is CCC(=O)NC(C)c1ccc2c(c1)CCC2. The van der Waals surface area contributed by atoms with Crippen molar-refractivity contribution in [3.8, 4) is 0 Å². The first-order valence-electron chi connectivity index (χ1n) is 6.11. The minimum Gasteiger partial charge on any atom is -0.350 e. The third-order valence-corrected chi connectivity index (χ3v) is 3.32. The van der Waals surface area contributed by atoms with Crippen LogP contribution in [0.1, 0.15) is 49.4 Å². The molecule has 0 aliphatic heterocycles. The number of benzene rings is 1.